The number of hydrogen-bond acceptors (Lipinski definition) is 3. The lowest BCUT2D eigenvalue weighted by molar-refractivity contribution is 0.507. The summed E-state index contributed by atoms with van der Waals surface area (Å²) < 4.78 is 11.9. The first kappa shape index (κ1) is 14.5. The van der Waals surface area contributed by atoms with Gasteiger partial charge in [0.2, 0.25) is 0 Å². The van der Waals surface area contributed by atoms with Gasteiger partial charge in [0.15, 0.2) is 0 Å². The second-order valence-electron chi connectivity index (χ2n) is 6.83. The summed E-state index contributed by atoms with van der Waals surface area (Å²) in [6.45, 7) is 2.07. The molecular formula is C22H18O3. The zero-order valence-corrected chi connectivity index (χ0v) is 14.1. The third kappa shape index (κ3) is 2.15. The molecule has 2 aromatic carbocycles. The van der Waals surface area contributed by atoms with Crippen LogP contribution in [0.3, 0.4) is 0 Å². The quantitative estimate of drug-likeness (QED) is 0.439. The van der Waals surface area contributed by atoms with Gasteiger partial charge in [-0.2, -0.15) is 0 Å². The Morgan fingerprint density at radius 2 is 1.72 bits per heavy atom. The minimum atomic E-state index is -0.332. The van der Waals surface area contributed by atoms with Crippen LogP contribution in [0.5, 0.6) is 0 Å². The highest BCUT2D eigenvalue weighted by Crippen LogP contribution is 2.41. The Labute approximate surface area is 144 Å². The number of hydrogen-bond donors (Lipinski definition) is 0. The molecule has 1 aliphatic rings. The van der Waals surface area contributed by atoms with Crippen LogP contribution in [0.2, 0.25) is 0 Å². The van der Waals surface area contributed by atoms with Gasteiger partial charge in [-0.1, -0.05) is 30.3 Å². The van der Waals surface area contributed by atoms with Crippen molar-refractivity contribution in [3.63, 3.8) is 0 Å². The lowest BCUT2D eigenvalue weighted by Crippen LogP contribution is -2.00. The van der Waals surface area contributed by atoms with Crippen LogP contribution in [-0.2, 0) is 12.8 Å². The molecule has 3 heteroatoms. The predicted molar refractivity (Wildman–Crippen MR) is 99.1 cm³/mol. The summed E-state index contributed by atoms with van der Waals surface area (Å²) in [5.41, 5.74) is 5.46. The molecule has 0 atom stereocenters. The Balaban J connectivity index is 1.98. The first-order chi connectivity index (χ1) is 12.2. The molecule has 2 heterocycles. The minimum absolute atomic E-state index is 0.332. The van der Waals surface area contributed by atoms with Crippen LogP contribution >= 0.6 is 0 Å². The molecule has 3 nitrogen and oxygen atoms in total. The first-order valence-electron chi connectivity index (χ1n) is 8.79. The highest BCUT2D eigenvalue weighted by atomic mass is 16.4. The van der Waals surface area contributed by atoms with E-state index in [1.165, 1.54) is 23.8 Å². The van der Waals surface area contributed by atoms with E-state index < -0.39 is 0 Å². The maximum atomic E-state index is 12.1. The Morgan fingerprint density at radius 1 is 0.920 bits per heavy atom. The van der Waals surface area contributed by atoms with Gasteiger partial charge in [0.25, 0.3) is 0 Å². The van der Waals surface area contributed by atoms with Crippen LogP contribution in [0.1, 0.15) is 29.7 Å². The van der Waals surface area contributed by atoms with E-state index in [1.54, 1.807) is 6.07 Å². The molecule has 0 bridgehead atoms. The first-order valence-corrected chi connectivity index (χ1v) is 8.79. The van der Waals surface area contributed by atoms with Gasteiger partial charge < -0.3 is 8.83 Å². The Hall–Kier alpha value is -2.81. The number of furan rings is 1. The van der Waals surface area contributed by atoms with Gasteiger partial charge in [-0.05, 0) is 43.4 Å². The summed E-state index contributed by atoms with van der Waals surface area (Å²) in [6, 6.07) is 13.5. The number of rotatable bonds is 1. The van der Waals surface area contributed by atoms with E-state index in [1.807, 2.05) is 36.4 Å². The maximum Gasteiger partial charge on any atom is 0.336 e. The van der Waals surface area contributed by atoms with Crippen LogP contribution in [0, 0.1) is 6.92 Å². The van der Waals surface area contributed by atoms with Crippen LogP contribution < -0.4 is 5.63 Å². The lowest BCUT2D eigenvalue weighted by atomic mass is 9.92. The molecule has 0 aliphatic heterocycles. The van der Waals surface area contributed by atoms with Crippen LogP contribution in [0.15, 0.2) is 56.1 Å². The van der Waals surface area contributed by atoms with E-state index in [0.717, 1.165) is 46.3 Å². The number of aryl methyl sites for hydroxylation is 3. The van der Waals surface area contributed by atoms with E-state index in [4.69, 9.17) is 8.83 Å². The number of fused-ring (bicyclic) bond motifs is 5. The lowest BCUT2D eigenvalue weighted by Gasteiger charge is -2.10. The fraction of sp³-hybridized carbons (Fsp3) is 0.227. The molecule has 0 unspecified atom stereocenters. The van der Waals surface area contributed by atoms with Gasteiger partial charge in [0.1, 0.15) is 16.9 Å². The molecule has 0 N–H and O–H groups in total. The van der Waals surface area contributed by atoms with Gasteiger partial charge in [-0.25, -0.2) is 4.79 Å². The SMILES string of the molecule is Cc1cc2oc(=O)cc(-c3ccccc3)c2c2oc3c(c12)CCCC3. The van der Waals surface area contributed by atoms with Crippen molar-refractivity contribution in [2.75, 3.05) is 0 Å². The molecule has 0 fully saturated rings. The van der Waals surface area contributed by atoms with E-state index >= 15 is 0 Å². The average Bonchev–Trinajstić information content (AvgIpc) is 3.01. The summed E-state index contributed by atoms with van der Waals surface area (Å²) in [7, 11) is 0. The minimum Gasteiger partial charge on any atom is -0.460 e. The zero-order valence-electron chi connectivity index (χ0n) is 14.1. The van der Waals surface area contributed by atoms with Crippen molar-refractivity contribution >= 4 is 21.9 Å². The molecule has 0 radical (unpaired) electrons. The van der Waals surface area contributed by atoms with Gasteiger partial charge in [0.05, 0.1) is 5.39 Å². The second kappa shape index (κ2) is 5.35. The van der Waals surface area contributed by atoms with Gasteiger partial charge in [-0.15, -0.1) is 0 Å². The third-order valence-electron chi connectivity index (χ3n) is 5.21. The normalized spacial score (nSPS) is 14.1. The van der Waals surface area contributed by atoms with Crippen LogP contribution in [-0.4, -0.2) is 0 Å². The van der Waals surface area contributed by atoms with E-state index in [0.29, 0.717) is 5.58 Å². The summed E-state index contributed by atoms with van der Waals surface area (Å²) in [5.74, 6) is 1.10. The molecule has 0 saturated heterocycles. The average molecular weight is 330 g/mol. The zero-order chi connectivity index (χ0) is 17.0. The molecule has 0 spiro atoms. The molecular weight excluding hydrogens is 312 g/mol. The van der Waals surface area contributed by atoms with Gasteiger partial charge in [0, 0.05) is 29.0 Å². The molecule has 25 heavy (non-hydrogen) atoms. The summed E-state index contributed by atoms with van der Waals surface area (Å²) >= 11 is 0. The maximum absolute atomic E-state index is 12.1. The molecule has 0 amide bonds. The van der Waals surface area contributed by atoms with Crippen LogP contribution in [0.4, 0.5) is 0 Å². The molecule has 5 rings (SSSR count). The topological polar surface area (TPSA) is 43.4 Å². The third-order valence-corrected chi connectivity index (χ3v) is 5.21. The molecule has 4 aromatic rings. The predicted octanol–water partition coefficient (Wildman–Crippen LogP) is 5.39. The Bertz CT molecular complexity index is 1160. The molecule has 124 valence electrons. The summed E-state index contributed by atoms with van der Waals surface area (Å²) in [4.78, 5) is 12.1. The van der Waals surface area contributed by atoms with Crippen molar-refractivity contribution in [3.8, 4) is 11.1 Å². The van der Waals surface area contributed by atoms with Crippen molar-refractivity contribution in [1.29, 1.82) is 0 Å². The van der Waals surface area contributed by atoms with Crippen LogP contribution in [0.25, 0.3) is 33.1 Å². The fourth-order valence-electron chi connectivity index (χ4n) is 4.12. The Kier molecular flexibility index (Phi) is 3.11. The highest BCUT2D eigenvalue weighted by molar-refractivity contribution is 6.12. The van der Waals surface area contributed by atoms with Crippen molar-refractivity contribution in [2.45, 2.75) is 32.6 Å². The van der Waals surface area contributed by atoms with Crippen molar-refractivity contribution in [2.24, 2.45) is 0 Å². The van der Waals surface area contributed by atoms with E-state index in [9.17, 15) is 4.79 Å². The monoisotopic (exact) mass is 330 g/mol. The summed E-state index contributed by atoms with van der Waals surface area (Å²) in [5, 5.41) is 2.11. The van der Waals surface area contributed by atoms with Crippen molar-refractivity contribution in [3.05, 3.63) is 69.8 Å². The largest absolute Gasteiger partial charge is 0.460 e. The Morgan fingerprint density at radius 3 is 2.56 bits per heavy atom. The van der Waals surface area contributed by atoms with E-state index in [-0.39, 0.29) is 5.63 Å². The molecule has 0 saturated carbocycles. The van der Waals surface area contributed by atoms with E-state index in [2.05, 4.69) is 6.92 Å². The number of benzene rings is 2. The standard InChI is InChI=1S/C22H18O3/c1-13-11-18-21(22-20(13)15-9-5-6-10-17(15)25-22)16(12-19(23)24-18)14-7-3-2-4-8-14/h2-4,7-8,11-12H,5-6,9-10H2,1H3. The van der Waals surface area contributed by atoms with Gasteiger partial charge >= 0.3 is 5.63 Å². The van der Waals surface area contributed by atoms with Crippen molar-refractivity contribution < 1.29 is 8.83 Å². The van der Waals surface area contributed by atoms with Gasteiger partial charge in [-0.3, -0.25) is 0 Å². The second-order valence-corrected chi connectivity index (χ2v) is 6.83. The fourth-order valence-corrected chi connectivity index (χ4v) is 4.12. The molecule has 2 aromatic heterocycles. The summed E-state index contributed by atoms with van der Waals surface area (Å²) in [6.07, 6.45) is 4.42. The molecule has 1 aliphatic carbocycles. The smallest absolute Gasteiger partial charge is 0.336 e. The van der Waals surface area contributed by atoms with Crippen molar-refractivity contribution in [1.82, 2.24) is 0 Å². The highest BCUT2D eigenvalue weighted by Gasteiger charge is 2.23.